The number of benzene rings is 1. The van der Waals surface area contributed by atoms with Gasteiger partial charge in [-0.1, -0.05) is 13.8 Å². The molecule has 1 amide bonds. The number of carbonyl (C=O) groups excluding carboxylic acids is 1. The van der Waals surface area contributed by atoms with Crippen LogP contribution in [0.5, 0.6) is 0 Å². The predicted molar refractivity (Wildman–Crippen MR) is 92.1 cm³/mol. The minimum atomic E-state index is -0.265. The van der Waals surface area contributed by atoms with E-state index in [0.29, 0.717) is 17.0 Å². The molecule has 1 aliphatic heterocycles. The minimum absolute atomic E-state index is 0.0202. The van der Waals surface area contributed by atoms with Crippen LogP contribution < -0.4 is 0 Å². The van der Waals surface area contributed by atoms with Crippen molar-refractivity contribution in [1.29, 1.82) is 0 Å². The van der Waals surface area contributed by atoms with Crippen LogP contribution in [-0.2, 0) is 0 Å². The second kappa shape index (κ2) is 7.91. The summed E-state index contributed by atoms with van der Waals surface area (Å²) in [6.07, 6.45) is 3.56. The molecule has 0 radical (unpaired) electrons. The molecular weight excluding hydrogens is 291 g/mol. The Labute approximate surface area is 139 Å². The largest absolute Gasteiger partial charge is 0.338 e. The maximum atomic E-state index is 13.4. The van der Waals surface area contributed by atoms with Crippen molar-refractivity contribution in [1.82, 2.24) is 9.80 Å². The Morgan fingerprint density at radius 2 is 1.96 bits per heavy atom. The Bertz CT molecular complexity index is 538. The fourth-order valence-electron chi connectivity index (χ4n) is 3.43. The Kier molecular flexibility index (Phi) is 6.17. The van der Waals surface area contributed by atoms with E-state index < -0.39 is 0 Å². The molecule has 0 aliphatic carbocycles. The molecule has 1 heterocycles. The molecule has 1 saturated heterocycles. The van der Waals surface area contributed by atoms with Crippen LogP contribution in [0, 0.1) is 18.7 Å². The lowest BCUT2D eigenvalue weighted by Crippen LogP contribution is -2.42. The smallest absolute Gasteiger partial charge is 0.253 e. The Morgan fingerprint density at radius 1 is 1.30 bits per heavy atom. The molecule has 1 fully saturated rings. The summed E-state index contributed by atoms with van der Waals surface area (Å²) in [6.45, 7) is 9.42. The molecule has 1 atom stereocenters. The lowest BCUT2D eigenvalue weighted by atomic mass is 9.98. The van der Waals surface area contributed by atoms with Gasteiger partial charge >= 0.3 is 0 Å². The molecule has 1 aromatic rings. The van der Waals surface area contributed by atoms with Crippen LogP contribution in [0.25, 0.3) is 0 Å². The molecule has 0 bridgehead atoms. The summed E-state index contributed by atoms with van der Waals surface area (Å²) in [4.78, 5) is 17.1. The first kappa shape index (κ1) is 17.9. The average Bonchev–Trinajstić information content (AvgIpc) is 3.02. The summed E-state index contributed by atoms with van der Waals surface area (Å²) in [5, 5.41) is 0. The van der Waals surface area contributed by atoms with Crippen LogP contribution in [0.2, 0.25) is 0 Å². The summed E-state index contributed by atoms with van der Waals surface area (Å²) in [6, 6.07) is 4.81. The quantitative estimate of drug-likeness (QED) is 0.797. The van der Waals surface area contributed by atoms with Crippen molar-refractivity contribution in [2.24, 2.45) is 5.92 Å². The molecule has 2 rings (SSSR count). The van der Waals surface area contributed by atoms with Crippen LogP contribution in [-0.4, -0.2) is 48.4 Å². The van der Waals surface area contributed by atoms with Crippen LogP contribution in [0.3, 0.4) is 0 Å². The van der Waals surface area contributed by atoms with Crippen molar-refractivity contribution in [3.8, 4) is 0 Å². The van der Waals surface area contributed by atoms with Gasteiger partial charge < -0.3 is 9.80 Å². The maximum absolute atomic E-state index is 13.4. The second-order valence-corrected chi connectivity index (χ2v) is 7.03. The molecular formula is C19H29FN2O. The molecule has 23 heavy (non-hydrogen) atoms. The lowest BCUT2D eigenvalue weighted by Gasteiger charge is -2.33. The van der Waals surface area contributed by atoms with Crippen molar-refractivity contribution in [2.75, 3.05) is 26.7 Å². The summed E-state index contributed by atoms with van der Waals surface area (Å²) < 4.78 is 13.4. The van der Waals surface area contributed by atoms with Gasteiger partial charge in [0.15, 0.2) is 0 Å². The third-order valence-corrected chi connectivity index (χ3v) is 4.93. The number of aryl methyl sites for hydroxylation is 1. The number of hydrogen-bond donors (Lipinski definition) is 0. The van der Waals surface area contributed by atoms with Crippen molar-refractivity contribution in [3.63, 3.8) is 0 Å². The first-order valence-corrected chi connectivity index (χ1v) is 8.66. The molecule has 0 N–H and O–H groups in total. The highest BCUT2D eigenvalue weighted by molar-refractivity contribution is 5.94. The number of nitrogens with zero attached hydrogens (tertiary/aromatic N) is 2. The van der Waals surface area contributed by atoms with Gasteiger partial charge in [-0.2, -0.15) is 0 Å². The second-order valence-electron chi connectivity index (χ2n) is 7.03. The highest BCUT2D eigenvalue weighted by Gasteiger charge is 2.25. The number of amides is 1. The Hall–Kier alpha value is -1.42. The number of carbonyl (C=O) groups is 1. The van der Waals surface area contributed by atoms with Crippen molar-refractivity contribution >= 4 is 5.91 Å². The first-order valence-electron chi connectivity index (χ1n) is 8.66. The highest BCUT2D eigenvalue weighted by Crippen LogP contribution is 2.19. The topological polar surface area (TPSA) is 23.6 Å². The molecule has 0 aromatic heterocycles. The molecule has 0 saturated carbocycles. The normalized spacial score (nSPS) is 16.8. The summed E-state index contributed by atoms with van der Waals surface area (Å²) in [5.41, 5.74) is 1.08. The zero-order chi connectivity index (χ0) is 17.0. The van der Waals surface area contributed by atoms with E-state index in [1.165, 1.54) is 32.0 Å². The summed E-state index contributed by atoms with van der Waals surface area (Å²) in [7, 11) is 1.87. The zero-order valence-electron chi connectivity index (χ0n) is 14.8. The third-order valence-electron chi connectivity index (χ3n) is 4.93. The van der Waals surface area contributed by atoms with Crippen molar-refractivity contribution in [2.45, 2.75) is 46.1 Å². The summed E-state index contributed by atoms with van der Waals surface area (Å²) in [5.74, 6) is 0.111. The van der Waals surface area contributed by atoms with Gasteiger partial charge in [0.25, 0.3) is 5.91 Å². The van der Waals surface area contributed by atoms with Gasteiger partial charge in [-0.05, 0) is 69.0 Å². The number of likely N-dealkylation sites (tertiary alicyclic amines) is 1. The van der Waals surface area contributed by atoms with E-state index in [1.54, 1.807) is 19.1 Å². The van der Waals surface area contributed by atoms with Crippen LogP contribution in [0.4, 0.5) is 4.39 Å². The molecule has 1 aromatic carbocycles. The van der Waals surface area contributed by atoms with E-state index in [0.717, 1.165) is 13.0 Å². The standard InChI is InChI=1S/C19H29FN2O/c1-14(2)18(9-12-22-10-5-6-11-22)21(4)19(23)16-7-8-17(20)15(3)13-16/h7-8,13-14,18H,5-6,9-12H2,1-4H3/t18-/m1/s1. The number of hydrogen-bond acceptors (Lipinski definition) is 2. The molecule has 128 valence electrons. The van der Waals surface area contributed by atoms with Crippen LogP contribution in [0.1, 0.15) is 49.0 Å². The monoisotopic (exact) mass is 320 g/mol. The predicted octanol–water partition coefficient (Wildman–Crippen LogP) is 3.72. The zero-order valence-corrected chi connectivity index (χ0v) is 14.8. The lowest BCUT2D eigenvalue weighted by molar-refractivity contribution is 0.0666. The van der Waals surface area contributed by atoms with E-state index in [1.807, 2.05) is 11.9 Å². The molecule has 1 aliphatic rings. The third kappa shape index (κ3) is 4.54. The van der Waals surface area contributed by atoms with Gasteiger partial charge in [0.05, 0.1) is 0 Å². The molecule has 0 unspecified atom stereocenters. The van der Waals surface area contributed by atoms with Gasteiger partial charge in [-0.15, -0.1) is 0 Å². The first-order chi connectivity index (χ1) is 10.9. The van der Waals surface area contributed by atoms with Crippen LogP contribution in [0.15, 0.2) is 18.2 Å². The summed E-state index contributed by atoms with van der Waals surface area (Å²) >= 11 is 0. The fraction of sp³-hybridized carbons (Fsp3) is 0.632. The van der Waals surface area contributed by atoms with Crippen LogP contribution >= 0.6 is 0 Å². The van der Waals surface area contributed by atoms with E-state index in [9.17, 15) is 9.18 Å². The van der Waals surface area contributed by atoms with Gasteiger partial charge in [0.1, 0.15) is 5.82 Å². The van der Waals surface area contributed by atoms with Crippen molar-refractivity contribution < 1.29 is 9.18 Å². The van der Waals surface area contributed by atoms with E-state index in [2.05, 4.69) is 18.7 Å². The van der Waals surface area contributed by atoms with Gasteiger partial charge in [-0.25, -0.2) is 4.39 Å². The van der Waals surface area contributed by atoms with Gasteiger partial charge in [0, 0.05) is 25.2 Å². The molecule has 3 nitrogen and oxygen atoms in total. The number of halogens is 1. The fourth-order valence-corrected chi connectivity index (χ4v) is 3.43. The Morgan fingerprint density at radius 3 is 2.52 bits per heavy atom. The van der Waals surface area contributed by atoms with E-state index in [-0.39, 0.29) is 17.8 Å². The average molecular weight is 320 g/mol. The van der Waals surface area contributed by atoms with Gasteiger partial charge in [0.2, 0.25) is 0 Å². The van der Waals surface area contributed by atoms with E-state index in [4.69, 9.17) is 0 Å². The SMILES string of the molecule is Cc1cc(C(=O)N(C)[C@H](CCN2CCCC2)C(C)C)ccc1F. The van der Waals surface area contributed by atoms with Crippen molar-refractivity contribution in [3.05, 3.63) is 35.1 Å². The molecule has 4 heteroatoms. The number of rotatable bonds is 6. The molecule has 0 spiro atoms. The highest BCUT2D eigenvalue weighted by atomic mass is 19.1. The minimum Gasteiger partial charge on any atom is -0.338 e. The Balaban J connectivity index is 2.04. The van der Waals surface area contributed by atoms with E-state index >= 15 is 0 Å². The van der Waals surface area contributed by atoms with Gasteiger partial charge in [-0.3, -0.25) is 4.79 Å². The maximum Gasteiger partial charge on any atom is 0.253 e.